The zero-order valence-electron chi connectivity index (χ0n) is 12.2. The maximum Gasteiger partial charge on any atom is 0.0871 e. The smallest absolute Gasteiger partial charge is 0.0871 e. The van der Waals surface area contributed by atoms with Gasteiger partial charge in [0.15, 0.2) is 0 Å². The van der Waals surface area contributed by atoms with Crippen molar-refractivity contribution in [2.45, 2.75) is 71.3 Å². The number of hydrogen-bond acceptors (Lipinski definition) is 1. The van der Waals surface area contributed by atoms with Crippen LogP contribution in [0.2, 0.25) is 0 Å². The molecular weight excluding hydrogens is 220 g/mol. The molecule has 0 radical (unpaired) electrons. The number of benzene rings is 1. The number of unbranched alkanes of at least 4 members (excludes halogenated alkanes) is 5. The van der Waals surface area contributed by atoms with Gasteiger partial charge in [-0.15, -0.1) is 0 Å². The summed E-state index contributed by atoms with van der Waals surface area (Å²) in [5, 5.41) is 10.6. The minimum atomic E-state index is -0.671. The molecule has 1 N–H and O–H groups in total. The first kappa shape index (κ1) is 15.2. The Kier molecular flexibility index (Phi) is 6.42. The molecule has 0 amide bonds. The van der Waals surface area contributed by atoms with Gasteiger partial charge in [0.1, 0.15) is 0 Å². The van der Waals surface area contributed by atoms with E-state index in [9.17, 15) is 5.11 Å². The van der Waals surface area contributed by atoms with Crippen LogP contribution < -0.4 is 0 Å². The molecule has 0 aliphatic carbocycles. The van der Waals surface area contributed by atoms with Crippen molar-refractivity contribution in [2.24, 2.45) is 0 Å². The molecule has 102 valence electrons. The Labute approximate surface area is 112 Å². The normalized spacial score (nSPS) is 14.4. The summed E-state index contributed by atoms with van der Waals surface area (Å²) in [6.07, 6.45) is 8.49. The maximum absolute atomic E-state index is 10.6. The minimum Gasteiger partial charge on any atom is -0.385 e. The van der Waals surface area contributed by atoms with E-state index in [1.54, 1.807) is 0 Å². The lowest BCUT2D eigenvalue weighted by atomic mass is 9.87. The zero-order valence-corrected chi connectivity index (χ0v) is 12.2. The second kappa shape index (κ2) is 7.58. The largest absolute Gasteiger partial charge is 0.385 e. The molecule has 1 heteroatoms. The van der Waals surface area contributed by atoms with Crippen molar-refractivity contribution in [1.82, 2.24) is 0 Å². The van der Waals surface area contributed by atoms with E-state index in [4.69, 9.17) is 0 Å². The molecule has 0 aliphatic heterocycles. The lowest BCUT2D eigenvalue weighted by Gasteiger charge is -2.25. The Morgan fingerprint density at radius 1 is 1.00 bits per heavy atom. The first-order valence-electron chi connectivity index (χ1n) is 7.36. The van der Waals surface area contributed by atoms with Crippen LogP contribution in [-0.4, -0.2) is 5.11 Å². The van der Waals surface area contributed by atoms with Gasteiger partial charge in [-0.3, -0.25) is 0 Å². The first-order chi connectivity index (χ1) is 8.58. The topological polar surface area (TPSA) is 20.2 Å². The van der Waals surface area contributed by atoms with Crippen molar-refractivity contribution < 1.29 is 5.11 Å². The van der Waals surface area contributed by atoms with E-state index in [1.165, 1.54) is 37.7 Å². The van der Waals surface area contributed by atoms with Gasteiger partial charge in [-0.25, -0.2) is 0 Å². The predicted molar refractivity (Wildman–Crippen MR) is 78.7 cm³/mol. The molecule has 0 spiro atoms. The Balaban J connectivity index is 2.38. The third-order valence-electron chi connectivity index (χ3n) is 3.74. The van der Waals surface area contributed by atoms with Crippen LogP contribution in [0.15, 0.2) is 24.3 Å². The van der Waals surface area contributed by atoms with Gasteiger partial charge in [-0.05, 0) is 31.4 Å². The van der Waals surface area contributed by atoms with Crippen LogP contribution in [0, 0.1) is 6.92 Å². The van der Waals surface area contributed by atoms with Crippen molar-refractivity contribution in [3.05, 3.63) is 35.4 Å². The summed E-state index contributed by atoms with van der Waals surface area (Å²) in [7, 11) is 0. The average molecular weight is 248 g/mol. The van der Waals surface area contributed by atoms with Gasteiger partial charge in [0, 0.05) is 0 Å². The molecule has 18 heavy (non-hydrogen) atoms. The maximum atomic E-state index is 10.6. The number of aliphatic hydroxyl groups is 1. The van der Waals surface area contributed by atoms with Gasteiger partial charge in [0.25, 0.3) is 0 Å². The Morgan fingerprint density at radius 2 is 1.61 bits per heavy atom. The summed E-state index contributed by atoms with van der Waals surface area (Å²) < 4.78 is 0. The minimum absolute atomic E-state index is 0.671. The van der Waals surface area contributed by atoms with Crippen LogP contribution in [0.1, 0.15) is 69.9 Å². The molecule has 1 nitrogen and oxygen atoms in total. The first-order valence-corrected chi connectivity index (χ1v) is 7.36. The van der Waals surface area contributed by atoms with Crippen LogP contribution in [0.3, 0.4) is 0 Å². The van der Waals surface area contributed by atoms with Crippen LogP contribution >= 0.6 is 0 Å². The summed E-state index contributed by atoms with van der Waals surface area (Å²) in [4.78, 5) is 0. The second-order valence-electron chi connectivity index (χ2n) is 5.61. The Hall–Kier alpha value is -0.820. The molecule has 0 fully saturated rings. The summed E-state index contributed by atoms with van der Waals surface area (Å²) in [5.41, 5.74) is 1.60. The van der Waals surface area contributed by atoms with E-state index in [0.29, 0.717) is 0 Å². The molecule has 0 bridgehead atoms. The van der Waals surface area contributed by atoms with Gasteiger partial charge in [0.2, 0.25) is 0 Å². The summed E-state index contributed by atoms with van der Waals surface area (Å²) in [6, 6.07) is 8.16. The predicted octanol–water partition coefficient (Wildman–Crippen LogP) is 4.95. The molecule has 1 aromatic carbocycles. The molecule has 0 saturated carbocycles. The van der Waals surface area contributed by atoms with Gasteiger partial charge in [-0.1, -0.05) is 69.7 Å². The van der Waals surface area contributed by atoms with Crippen molar-refractivity contribution in [1.29, 1.82) is 0 Å². The highest BCUT2D eigenvalue weighted by Gasteiger charge is 2.23. The average Bonchev–Trinajstić information content (AvgIpc) is 2.34. The highest BCUT2D eigenvalue weighted by atomic mass is 16.3. The quantitative estimate of drug-likeness (QED) is 0.645. The van der Waals surface area contributed by atoms with Crippen LogP contribution in [-0.2, 0) is 5.60 Å². The lowest BCUT2D eigenvalue weighted by Crippen LogP contribution is -2.22. The van der Waals surface area contributed by atoms with Crippen molar-refractivity contribution in [2.75, 3.05) is 0 Å². The van der Waals surface area contributed by atoms with Crippen LogP contribution in [0.25, 0.3) is 0 Å². The van der Waals surface area contributed by atoms with Crippen LogP contribution in [0.5, 0.6) is 0 Å². The monoisotopic (exact) mass is 248 g/mol. The zero-order chi connectivity index (χ0) is 13.4. The van der Waals surface area contributed by atoms with E-state index in [2.05, 4.69) is 19.9 Å². The summed E-state index contributed by atoms with van der Waals surface area (Å²) in [5.74, 6) is 0. The second-order valence-corrected chi connectivity index (χ2v) is 5.61. The van der Waals surface area contributed by atoms with Gasteiger partial charge >= 0.3 is 0 Å². The lowest BCUT2D eigenvalue weighted by molar-refractivity contribution is 0.0442. The standard InChI is InChI=1S/C17H28O/c1-4-5-6-7-8-11-14-17(3,18)16-13-10-9-12-15(16)2/h9-10,12-13,18H,4-8,11,14H2,1-3H3. The molecule has 0 heterocycles. The molecule has 0 aromatic heterocycles. The number of rotatable bonds is 8. The van der Waals surface area contributed by atoms with Gasteiger partial charge in [0.05, 0.1) is 5.60 Å². The van der Waals surface area contributed by atoms with Crippen molar-refractivity contribution in [3.8, 4) is 0 Å². The van der Waals surface area contributed by atoms with E-state index >= 15 is 0 Å². The van der Waals surface area contributed by atoms with Gasteiger partial charge in [-0.2, -0.15) is 0 Å². The molecule has 1 unspecified atom stereocenters. The fraction of sp³-hybridized carbons (Fsp3) is 0.647. The van der Waals surface area contributed by atoms with E-state index < -0.39 is 5.60 Å². The van der Waals surface area contributed by atoms with Crippen molar-refractivity contribution >= 4 is 0 Å². The van der Waals surface area contributed by atoms with E-state index in [1.807, 2.05) is 25.1 Å². The molecular formula is C17H28O. The third-order valence-corrected chi connectivity index (χ3v) is 3.74. The third kappa shape index (κ3) is 4.81. The summed E-state index contributed by atoms with van der Waals surface area (Å²) >= 11 is 0. The molecule has 0 saturated heterocycles. The molecule has 1 aromatic rings. The fourth-order valence-electron chi connectivity index (χ4n) is 2.56. The van der Waals surface area contributed by atoms with Crippen LogP contribution in [0.4, 0.5) is 0 Å². The molecule has 0 aliphatic rings. The SMILES string of the molecule is CCCCCCCCC(C)(O)c1ccccc1C. The summed E-state index contributed by atoms with van der Waals surface area (Å²) in [6.45, 7) is 6.26. The highest BCUT2D eigenvalue weighted by molar-refractivity contribution is 5.30. The number of hydrogen-bond donors (Lipinski definition) is 1. The number of aryl methyl sites for hydroxylation is 1. The molecule has 1 atom stereocenters. The molecule has 1 rings (SSSR count). The Morgan fingerprint density at radius 3 is 2.28 bits per heavy atom. The Bertz CT molecular complexity index is 341. The van der Waals surface area contributed by atoms with Gasteiger partial charge < -0.3 is 5.11 Å². The van der Waals surface area contributed by atoms with E-state index in [0.717, 1.165) is 18.4 Å². The fourth-order valence-corrected chi connectivity index (χ4v) is 2.56. The highest BCUT2D eigenvalue weighted by Crippen LogP contribution is 2.29. The van der Waals surface area contributed by atoms with E-state index in [-0.39, 0.29) is 0 Å². The van der Waals surface area contributed by atoms with Crippen molar-refractivity contribution in [3.63, 3.8) is 0 Å².